The number of hydrogen-bond donors (Lipinski definition) is 2. The summed E-state index contributed by atoms with van der Waals surface area (Å²) in [6.07, 6.45) is 7.59. The molecule has 132 valence electrons. The molecule has 1 saturated carbocycles. The molecule has 11 heteroatoms. The monoisotopic (exact) mass is 488 g/mol. The zero-order valence-electron chi connectivity index (χ0n) is 11.9. The first-order valence-corrected chi connectivity index (χ1v) is 7.71. The summed E-state index contributed by atoms with van der Waals surface area (Å²) >= 11 is 6.23. The van der Waals surface area contributed by atoms with E-state index in [0.717, 1.165) is 24.2 Å². The van der Waals surface area contributed by atoms with Crippen LogP contribution in [0.4, 0.5) is 5.00 Å². The van der Waals surface area contributed by atoms with Crippen LogP contribution in [0.15, 0.2) is 17.2 Å². The molecule has 0 unspecified atom stereocenters. The number of nitro groups is 1. The third kappa shape index (κ3) is 8.94. The molecule has 0 aromatic carbocycles. The van der Waals surface area contributed by atoms with Crippen molar-refractivity contribution in [2.24, 2.45) is 5.10 Å². The van der Waals surface area contributed by atoms with Gasteiger partial charge in [0.05, 0.1) is 16.0 Å². The topological polar surface area (TPSA) is 79.6 Å². The summed E-state index contributed by atoms with van der Waals surface area (Å²) in [6, 6.07) is 3.55. The number of nitrogens with one attached hydrogen (secondary N) is 2. The summed E-state index contributed by atoms with van der Waals surface area (Å²) in [5.74, 6) is 0. The molecule has 2 rings (SSSR count). The minimum Gasteiger partial charge on any atom is -1.00 e. The summed E-state index contributed by atoms with van der Waals surface area (Å²) in [5.41, 5.74) is 2.74. The fraction of sp³-hybridized carbons (Fsp3) is 0.500. The second-order valence-electron chi connectivity index (χ2n) is 4.61. The van der Waals surface area contributed by atoms with E-state index >= 15 is 0 Å². The van der Waals surface area contributed by atoms with Gasteiger partial charge in [-0.05, 0) is 31.1 Å². The van der Waals surface area contributed by atoms with E-state index < -0.39 is 4.92 Å². The van der Waals surface area contributed by atoms with Crippen LogP contribution in [0, 0.1) is 10.1 Å². The van der Waals surface area contributed by atoms with Gasteiger partial charge in [0.25, 0.3) is 0 Å². The predicted molar refractivity (Wildman–Crippen MR) is 84.3 cm³/mol. The summed E-state index contributed by atoms with van der Waals surface area (Å²) < 4.78 is 0. The van der Waals surface area contributed by atoms with Crippen LogP contribution in [0.5, 0.6) is 0 Å². The normalized spacial score (nSPS) is 14.1. The molecular weight excluding hydrogens is 474 g/mol. The average molecular weight is 490 g/mol. The van der Waals surface area contributed by atoms with Crippen LogP contribution >= 0.6 is 23.6 Å². The molecule has 1 aliphatic carbocycles. The van der Waals surface area contributed by atoms with E-state index in [-0.39, 0.29) is 50.2 Å². The number of nitrogens with zero attached hydrogens (tertiary/aromatic N) is 2. The number of hydrogen-bond acceptors (Lipinski definition) is 5. The predicted octanol–water partition coefficient (Wildman–Crippen LogP) is -3.21. The summed E-state index contributed by atoms with van der Waals surface area (Å²) in [6.45, 7) is 0. The van der Waals surface area contributed by atoms with E-state index in [1.54, 1.807) is 6.07 Å². The SMILES string of the molecule is O=[N+]([O-])c1ccc(/C=N\NC(=S)NC2CCCCC2)s1.[Cl-].[Cl-].[Pd+2]. The van der Waals surface area contributed by atoms with Crippen molar-refractivity contribution in [3.63, 3.8) is 0 Å². The van der Waals surface area contributed by atoms with E-state index in [1.807, 2.05) is 0 Å². The Morgan fingerprint density at radius 2 is 2.00 bits per heavy atom. The molecule has 2 N–H and O–H groups in total. The largest absolute Gasteiger partial charge is 2.00 e. The molecule has 0 spiro atoms. The minimum absolute atomic E-state index is 0. The van der Waals surface area contributed by atoms with Gasteiger partial charge in [0.15, 0.2) is 5.11 Å². The molecule has 0 aliphatic heterocycles. The van der Waals surface area contributed by atoms with Crippen molar-refractivity contribution in [1.82, 2.24) is 10.7 Å². The van der Waals surface area contributed by atoms with Gasteiger partial charge in [0, 0.05) is 12.1 Å². The first kappa shape index (κ1) is 24.9. The van der Waals surface area contributed by atoms with Crippen LogP contribution in [0.2, 0.25) is 0 Å². The van der Waals surface area contributed by atoms with E-state index in [0.29, 0.717) is 16.0 Å². The van der Waals surface area contributed by atoms with E-state index in [9.17, 15) is 10.1 Å². The van der Waals surface area contributed by atoms with Crippen molar-refractivity contribution in [3.8, 4) is 0 Å². The first-order chi connectivity index (χ1) is 9.65. The molecule has 0 saturated heterocycles. The Hall–Kier alpha value is -0.298. The van der Waals surface area contributed by atoms with E-state index in [1.165, 1.54) is 31.5 Å². The van der Waals surface area contributed by atoms with Crippen molar-refractivity contribution in [2.45, 2.75) is 38.1 Å². The molecule has 1 aliphatic rings. The number of rotatable bonds is 4. The molecule has 1 heterocycles. The maximum atomic E-state index is 10.5. The molecular formula is C12H16Cl2N4O2PdS2. The fourth-order valence-corrected chi connectivity index (χ4v) is 3.04. The maximum absolute atomic E-state index is 10.5. The van der Waals surface area contributed by atoms with Crippen molar-refractivity contribution in [1.29, 1.82) is 0 Å². The standard InChI is InChI=1S/C12H16N4O2S2.2ClH.Pd/c17-16(18)11-7-6-10(20-11)8-13-15-12(19)14-9-4-2-1-3-5-9;;;/h6-9H,1-5H2,(H2,14,15,19);2*1H;/q;;;+2/p-2/b13-8-;;;. The molecule has 23 heavy (non-hydrogen) atoms. The van der Waals surface area contributed by atoms with Crippen LogP contribution in [0.3, 0.4) is 0 Å². The van der Waals surface area contributed by atoms with Crippen LogP contribution in [0.25, 0.3) is 0 Å². The van der Waals surface area contributed by atoms with Crippen molar-refractivity contribution >= 4 is 39.9 Å². The van der Waals surface area contributed by atoms with Crippen LogP contribution in [-0.4, -0.2) is 22.3 Å². The van der Waals surface area contributed by atoms with Gasteiger partial charge in [-0.15, -0.1) is 0 Å². The molecule has 0 atom stereocenters. The number of hydrazone groups is 1. The summed E-state index contributed by atoms with van der Waals surface area (Å²) in [4.78, 5) is 10.8. The Morgan fingerprint density at radius 1 is 1.35 bits per heavy atom. The third-order valence-electron chi connectivity index (χ3n) is 3.09. The minimum atomic E-state index is -0.412. The Balaban J connectivity index is 0. The Labute approximate surface area is 170 Å². The van der Waals surface area contributed by atoms with Crippen LogP contribution in [0.1, 0.15) is 37.0 Å². The second-order valence-corrected chi connectivity index (χ2v) is 6.11. The number of halogens is 2. The molecule has 1 aromatic heterocycles. The van der Waals surface area contributed by atoms with Crippen molar-refractivity contribution < 1.29 is 50.2 Å². The molecule has 0 amide bonds. The summed E-state index contributed by atoms with van der Waals surface area (Å²) in [7, 11) is 0. The van der Waals surface area contributed by atoms with Crippen molar-refractivity contribution in [2.75, 3.05) is 0 Å². The van der Waals surface area contributed by atoms with E-state index in [4.69, 9.17) is 12.2 Å². The maximum Gasteiger partial charge on any atom is 2.00 e. The smallest absolute Gasteiger partial charge is 1.00 e. The van der Waals surface area contributed by atoms with Gasteiger partial charge < -0.3 is 30.1 Å². The molecule has 1 aromatic rings. The zero-order chi connectivity index (χ0) is 14.4. The molecule has 0 radical (unpaired) electrons. The van der Waals surface area contributed by atoms with Crippen molar-refractivity contribution in [3.05, 3.63) is 27.1 Å². The first-order valence-electron chi connectivity index (χ1n) is 6.49. The molecule has 0 bridgehead atoms. The third-order valence-corrected chi connectivity index (χ3v) is 4.27. The summed E-state index contributed by atoms with van der Waals surface area (Å²) in [5, 5.41) is 18.4. The Bertz CT molecular complexity index is 525. The van der Waals surface area contributed by atoms with Gasteiger partial charge in [-0.3, -0.25) is 15.5 Å². The quantitative estimate of drug-likeness (QED) is 0.153. The van der Waals surface area contributed by atoms with Gasteiger partial charge in [-0.25, -0.2) is 0 Å². The van der Waals surface area contributed by atoms with Gasteiger partial charge in [0.1, 0.15) is 0 Å². The van der Waals surface area contributed by atoms with E-state index in [2.05, 4.69) is 15.8 Å². The molecule has 1 fully saturated rings. The van der Waals surface area contributed by atoms with Crippen LogP contribution in [-0.2, 0) is 20.4 Å². The zero-order valence-corrected chi connectivity index (χ0v) is 16.6. The Morgan fingerprint density at radius 3 is 2.57 bits per heavy atom. The number of thiocarbonyl (C=S) groups is 1. The number of thiophene rings is 1. The average Bonchev–Trinajstić information content (AvgIpc) is 2.89. The van der Waals surface area contributed by atoms with Gasteiger partial charge in [-0.2, -0.15) is 5.10 Å². The second kappa shape index (κ2) is 13.0. The fourth-order valence-electron chi connectivity index (χ4n) is 2.13. The van der Waals surface area contributed by atoms with Gasteiger partial charge in [0.2, 0.25) is 0 Å². The van der Waals surface area contributed by atoms with Gasteiger partial charge >= 0.3 is 25.4 Å². The Kier molecular flexibility index (Phi) is 14.2. The van der Waals surface area contributed by atoms with Crippen LogP contribution < -0.4 is 35.6 Å². The molecule has 6 nitrogen and oxygen atoms in total. The van der Waals surface area contributed by atoms with Gasteiger partial charge in [-0.1, -0.05) is 30.6 Å².